The van der Waals surface area contributed by atoms with E-state index in [1.54, 1.807) is 7.11 Å². The van der Waals surface area contributed by atoms with Crippen LogP contribution in [0.15, 0.2) is 23.5 Å². The average Bonchev–Trinajstić information content (AvgIpc) is 2.85. The van der Waals surface area contributed by atoms with E-state index in [0.717, 1.165) is 12.8 Å². The molecule has 0 saturated carbocycles. The van der Waals surface area contributed by atoms with Crippen LogP contribution in [0.25, 0.3) is 0 Å². The standard InChI is InChI=1S/C30H50O7Si/c1-11-12-14-24-28(31)30(32,29(24)36-20(2)3)17-13-18-34-25-15-16-27(33-10)37-26(25)19-35-38(21(4)5,22(6)7)23(8)9/h15-16,20-23,25-27,32H,11-12,14,18-19H2,1-10H3/t25-,26+,27-,30?/m0/s1. The Kier molecular flexibility index (Phi) is 12.3. The highest BCUT2D eigenvalue weighted by atomic mass is 28.4. The first-order chi connectivity index (χ1) is 17.8. The van der Waals surface area contributed by atoms with Crippen molar-refractivity contribution in [2.45, 2.75) is 128 Å². The number of ketones is 1. The van der Waals surface area contributed by atoms with Gasteiger partial charge in [-0.3, -0.25) is 4.79 Å². The Balaban J connectivity index is 2.15. The predicted molar refractivity (Wildman–Crippen MR) is 152 cm³/mol. The molecule has 0 saturated heterocycles. The Morgan fingerprint density at radius 3 is 2.24 bits per heavy atom. The largest absolute Gasteiger partial charge is 0.490 e. The zero-order valence-electron chi connectivity index (χ0n) is 25.1. The molecule has 0 fully saturated rings. The molecule has 0 aromatic rings. The number of carbonyl (C=O) groups is 1. The minimum Gasteiger partial charge on any atom is -0.490 e. The van der Waals surface area contributed by atoms with Gasteiger partial charge in [0.15, 0.2) is 20.4 Å². The Hall–Kier alpha value is -1.47. The van der Waals surface area contributed by atoms with Crippen molar-refractivity contribution in [3.8, 4) is 11.8 Å². The molecule has 38 heavy (non-hydrogen) atoms. The van der Waals surface area contributed by atoms with E-state index in [1.165, 1.54) is 0 Å². The summed E-state index contributed by atoms with van der Waals surface area (Å²) in [5.74, 6) is 5.47. The molecule has 0 radical (unpaired) electrons. The van der Waals surface area contributed by atoms with Crippen LogP contribution in [0.2, 0.25) is 16.6 Å². The molecule has 1 unspecified atom stereocenters. The van der Waals surface area contributed by atoms with Crippen LogP contribution in [0.5, 0.6) is 0 Å². The van der Waals surface area contributed by atoms with Gasteiger partial charge in [-0.25, -0.2) is 0 Å². The molecular formula is C30H50O7Si. The van der Waals surface area contributed by atoms with Gasteiger partial charge < -0.3 is 28.5 Å². The minimum atomic E-state index is -2.10. The van der Waals surface area contributed by atoms with E-state index in [0.29, 0.717) is 35.2 Å². The Labute approximate surface area is 231 Å². The molecule has 1 aliphatic heterocycles. The molecule has 7 nitrogen and oxygen atoms in total. The van der Waals surface area contributed by atoms with Gasteiger partial charge >= 0.3 is 0 Å². The van der Waals surface area contributed by atoms with Crippen molar-refractivity contribution < 1.29 is 33.3 Å². The molecule has 0 spiro atoms. The van der Waals surface area contributed by atoms with Gasteiger partial charge in [0, 0.05) is 12.7 Å². The number of Topliss-reactive ketones (excluding diaryl/α,β-unsaturated/α-hetero) is 1. The fraction of sp³-hybridized carbons (Fsp3) is 0.767. The first-order valence-electron chi connectivity index (χ1n) is 14.1. The number of rotatable bonds is 14. The van der Waals surface area contributed by atoms with Crippen molar-refractivity contribution in [1.29, 1.82) is 0 Å². The quantitative estimate of drug-likeness (QED) is 0.169. The third kappa shape index (κ3) is 7.18. The summed E-state index contributed by atoms with van der Waals surface area (Å²) in [6.07, 6.45) is 4.69. The first kappa shape index (κ1) is 32.7. The highest BCUT2D eigenvalue weighted by Gasteiger charge is 2.53. The summed E-state index contributed by atoms with van der Waals surface area (Å²) < 4.78 is 30.2. The van der Waals surface area contributed by atoms with Crippen LogP contribution >= 0.6 is 0 Å². The van der Waals surface area contributed by atoms with Crippen LogP contribution in [0, 0.1) is 11.8 Å². The van der Waals surface area contributed by atoms with Crippen LogP contribution in [-0.4, -0.2) is 69.7 Å². The molecular weight excluding hydrogens is 500 g/mol. The third-order valence-electron chi connectivity index (χ3n) is 7.53. The Morgan fingerprint density at radius 1 is 1.08 bits per heavy atom. The number of hydrogen-bond acceptors (Lipinski definition) is 7. The minimum absolute atomic E-state index is 0.0163. The number of aliphatic hydroxyl groups is 1. The third-order valence-corrected chi connectivity index (χ3v) is 13.6. The summed E-state index contributed by atoms with van der Waals surface area (Å²) in [6, 6.07) is 0. The van der Waals surface area contributed by atoms with Gasteiger partial charge in [-0.15, -0.1) is 0 Å². The topological polar surface area (TPSA) is 83.5 Å². The number of unbranched alkanes of at least 4 members (excludes halogenated alkanes) is 1. The van der Waals surface area contributed by atoms with Gasteiger partial charge in [0.05, 0.1) is 12.7 Å². The highest BCUT2D eigenvalue weighted by molar-refractivity contribution is 6.77. The van der Waals surface area contributed by atoms with Crippen LogP contribution < -0.4 is 0 Å². The molecule has 0 aromatic carbocycles. The normalized spacial score (nSPS) is 25.9. The summed E-state index contributed by atoms with van der Waals surface area (Å²) in [5, 5.41) is 11.0. The summed E-state index contributed by atoms with van der Waals surface area (Å²) in [5.41, 5.74) is -0.0241. The lowest BCUT2D eigenvalue weighted by Gasteiger charge is -2.43. The summed E-state index contributed by atoms with van der Waals surface area (Å²) >= 11 is 0. The second-order valence-electron chi connectivity index (χ2n) is 11.5. The van der Waals surface area contributed by atoms with E-state index < -0.39 is 26.3 Å². The van der Waals surface area contributed by atoms with E-state index in [1.807, 2.05) is 26.0 Å². The molecule has 2 aliphatic rings. The number of carbonyl (C=O) groups excluding carboxylic acids is 1. The molecule has 1 N–H and O–H groups in total. The van der Waals surface area contributed by atoms with Crippen LogP contribution in [-0.2, 0) is 28.2 Å². The fourth-order valence-corrected chi connectivity index (χ4v) is 11.2. The van der Waals surface area contributed by atoms with Gasteiger partial charge in [-0.05, 0) is 55.3 Å². The van der Waals surface area contributed by atoms with Gasteiger partial charge in [0.1, 0.15) is 18.8 Å². The molecule has 0 aromatic heterocycles. The molecule has 1 heterocycles. The lowest BCUT2D eigenvalue weighted by Crippen LogP contribution is -2.51. The molecule has 4 atom stereocenters. The zero-order chi connectivity index (χ0) is 28.7. The zero-order valence-corrected chi connectivity index (χ0v) is 26.1. The lowest BCUT2D eigenvalue weighted by molar-refractivity contribution is -0.173. The van der Waals surface area contributed by atoms with Crippen LogP contribution in [0.4, 0.5) is 0 Å². The Morgan fingerprint density at radius 2 is 1.71 bits per heavy atom. The SMILES string of the molecule is CCCCC1=C(OC(C)C)C(O)(C#CCO[C@H]2C=C[C@@H](OC)O[C@@H]2CO[Si](C(C)C)(C(C)C)C(C)C)C1=O. The van der Waals surface area contributed by atoms with Crippen molar-refractivity contribution in [2.75, 3.05) is 20.3 Å². The lowest BCUT2D eigenvalue weighted by atomic mass is 9.76. The highest BCUT2D eigenvalue weighted by Crippen LogP contribution is 2.43. The molecule has 8 heteroatoms. The summed E-state index contributed by atoms with van der Waals surface area (Å²) in [4.78, 5) is 12.8. The van der Waals surface area contributed by atoms with Gasteiger partial charge in [0.25, 0.3) is 0 Å². The average molecular weight is 551 g/mol. The molecule has 1 aliphatic carbocycles. The van der Waals surface area contributed by atoms with Crippen molar-refractivity contribution in [3.05, 3.63) is 23.5 Å². The maximum Gasteiger partial charge on any atom is 0.247 e. The van der Waals surface area contributed by atoms with Crippen molar-refractivity contribution >= 4 is 14.1 Å². The monoisotopic (exact) mass is 550 g/mol. The maximum absolute atomic E-state index is 12.8. The van der Waals surface area contributed by atoms with Crippen molar-refractivity contribution in [2.24, 2.45) is 0 Å². The van der Waals surface area contributed by atoms with E-state index in [9.17, 15) is 9.90 Å². The molecule has 0 bridgehead atoms. The fourth-order valence-electron chi connectivity index (χ4n) is 5.75. The molecule has 0 amide bonds. The van der Waals surface area contributed by atoms with Crippen LogP contribution in [0.1, 0.15) is 81.6 Å². The first-order valence-corrected chi connectivity index (χ1v) is 16.3. The molecule has 2 rings (SSSR count). The maximum atomic E-state index is 12.8. The molecule has 216 valence electrons. The van der Waals surface area contributed by atoms with Gasteiger partial charge in [-0.2, -0.15) is 0 Å². The number of ether oxygens (including phenoxy) is 4. The predicted octanol–water partition coefficient (Wildman–Crippen LogP) is 5.68. The van der Waals surface area contributed by atoms with E-state index in [-0.39, 0.29) is 30.4 Å². The summed E-state index contributed by atoms with van der Waals surface area (Å²) in [7, 11) is -0.495. The van der Waals surface area contributed by atoms with E-state index in [4.69, 9.17) is 23.4 Å². The van der Waals surface area contributed by atoms with Crippen molar-refractivity contribution in [1.82, 2.24) is 0 Å². The second-order valence-corrected chi connectivity index (χ2v) is 16.9. The summed E-state index contributed by atoms with van der Waals surface area (Å²) in [6.45, 7) is 19.7. The van der Waals surface area contributed by atoms with E-state index in [2.05, 4.69) is 60.3 Å². The second kappa shape index (κ2) is 14.2. The van der Waals surface area contributed by atoms with Crippen LogP contribution in [0.3, 0.4) is 0 Å². The Bertz CT molecular complexity index is 890. The van der Waals surface area contributed by atoms with Crippen molar-refractivity contribution in [3.63, 3.8) is 0 Å². The van der Waals surface area contributed by atoms with Gasteiger partial charge in [-0.1, -0.05) is 66.9 Å². The number of methoxy groups -OCH3 is 1. The smallest absolute Gasteiger partial charge is 0.247 e. The van der Waals surface area contributed by atoms with E-state index >= 15 is 0 Å². The number of hydrogen-bond donors (Lipinski definition) is 1. The van der Waals surface area contributed by atoms with Gasteiger partial charge in [0.2, 0.25) is 11.4 Å².